The molecule has 0 bridgehead atoms. The largest absolute Gasteiger partial charge is 0.315 e. The van der Waals surface area contributed by atoms with Crippen LogP contribution in [0.4, 0.5) is 0 Å². The van der Waals surface area contributed by atoms with E-state index in [1.165, 1.54) is 38.2 Å². The lowest BCUT2D eigenvalue weighted by Gasteiger charge is -2.23. The standard InChI is InChI=1S/C18H37N6/c1-18-22(2)16-17-24(18)14-5-13-23-12-4-8-20-10-9-19-6-3-7-21-11-15-23/h16-17,19-21H,3-15H2,1-2H3/q+1. The van der Waals surface area contributed by atoms with E-state index >= 15 is 0 Å². The number of imidazole rings is 1. The maximum atomic E-state index is 3.58. The molecule has 0 saturated carbocycles. The average Bonchev–Trinajstić information content (AvgIpc) is 2.90. The first kappa shape index (κ1) is 19.4. The fourth-order valence-corrected chi connectivity index (χ4v) is 3.19. The van der Waals surface area contributed by atoms with Gasteiger partial charge in [0.05, 0.1) is 13.6 Å². The Balaban J connectivity index is 1.71. The van der Waals surface area contributed by atoms with Crippen LogP contribution in [-0.2, 0) is 13.6 Å². The zero-order valence-electron chi connectivity index (χ0n) is 15.7. The fraction of sp³-hybridized carbons (Fsp3) is 0.833. The normalized spacial score (nSPS) is 19.9. The summed E-state index contributed by atoms with van der Waals surface area (Å²) >= 11 is 0. The van der Waals surface area contributed by atoms with Crippen LogP contribution in [0.25, 0.3) is 0 Å². The van der Waals surface area contributed by atoms with Crippen molar-refractivity contribution in [1.82, 2.24) is 25.4 Å². The van der Waals surface area contributed by atoms with Gasteiger partial charge < -0.3 is 20.9 Å². The first-order valence-electron chi connectivity index (χ1n) is 9.63. The van der Waals surface area contributed by atoms with E-state index in [4.69, 9.17) is 0 Å². The van der Waals surface area contributed by atoms with Gasteiger partial charge in [0, 0.05) is 39.6 Å². The summed E-state index contributed by atoms with van der Waals surface area (Å²) in [4.78, 5) is 2.62. The molecule has 1 aliphatic rings. The van der Waals surface area contributed by atoms with Crippen molar-refractivity contribution in [2.24, 2.45) is 7.05 Å². The van der Waals surface area contributed by atoms with Gasteiger partial charge >= 0.3 is 0 Å². The van der Waals surface area contributed by atoms with Crippen LogP contribution in [0.2, 0.25) is 0 Å². The van der Waals surface area contributed by atoms with Gasteiger partial charge in [0.1, 0.15) is 12.4 Å². The third kappa shape index (κ3) is 7.30. The van der Waals surface area contributed by atoms with Crippen LogP contribution in [0, 0.1) is 6.92 Å². The maximum absolute atomic E-state index is 3.58. The van der Waals surface area contributed by atoms with Crippen molar-refractivity contribution in [1.29, 1.82) is 0 Å². The van der Waals surface area contributed by atoms with Gasteiger partial charge in [-0.2, -0.15) is 0 Å². The molecular weight excluding hydrogens is 300 g/mol. The van der Waals surface area contributed by atoms with Crippen LogP contribution in [0.3, 0.4) is 0 Å². The molecule has 1 aliphatic heterocycles. The predicted octanol–water partition coefficient (Wildman–Crippen LogP) is -0.124. The molecule has 24 heavy (non-hydrogen) atoms. The van der Waals surface area contributed by atoms with E-state index in [0.717, 1.165) is 52.4 Å². The van der Waals surface area contributed by atoms with Crippen LogP contribution in [0.5, 0.6) is 0 Å². The lowest BCUT2D eigenvalue weighted by Crippen LogP contribution is -2.37. The van der Waals surface area contributed by atoms with Gasteiger partial charge in [0.2, 0.25) is 0 Å². The summed E-state index contributed by atoms with van der Waals surface area (Å²) in [7, 11) is 2.11. The summed E-state index contributed by atoms with van der Waals surface area (Å²) in [5.41, 5.74) is 0. The molecule has 2 heterocycles. The molecule has 6 heteroatoms. The second-order valence-electron chi connectivity index (χ2n) is 6.80. The number of aromatic nitrogens is 2. The van der Waals surface area contributed by atoms with Crippen molar-refractivity contribution in [3.8, 4) is 0 Å². The second kappa shape index (κ2) is 11.6. The van der Waals surface area contributed by atoms with Crippen molar-refractivity contribution in [3.63, 3.8) is 0 Å². The Kier molecular flexibility index (Phi) is 9.35. The van der Waals surface area contributed by atoms with Crippen molar-refractivity contribution in [3.05, 3.63) is 18.2 Å². The molecule has 1 aromatic rings. The van der Waals surface area contributed by atoms with Crippen molar-refractivity contribution in [2.45, 2.75) is 32.7 Å². The fourth-order valence-electron chi connectivity index (χ4n) is 3.19. The zero-order chi connectivity index (χ0) is 17.0. The summed E-state index contributed by atoms with van der Waals surface area (Å²) in [6, 6.07) is 0. The van der Waals surface area contributed by atoms with E-state index in [0.29, 0.717) is 0 Å². The Morgan fingerprint density at radius 1 is 0.917 bits per heavy atom. The van der Waals surface area contributed by atoms with Crippen LogP contribution in [-0.4, -0.2) is 68.4 Å². The van der Waals surface area contributed by atoms with E-state index in [-0.39, 0.29) is 0 Å². The van der Waals surface area contributed by atoms with Gasteiger partial charge in [-0.1, -0.05) is 0 Å². The Hall–Kier alpha value is -0.950. The molecule has 0 radical (unpaired) electrons. The number of aryl methyl sites for hydroxylation is 2. The molecule has 1 saturated heterocycles. The smallest absolute Gasteiger partial charge is 0.253 e. The summed E-state index contributed by atoms with van der Waals surface area (Å²) in [5.74, 6) is 1.33. The van der Waals surface area contributed by atoms with Crippen molar-refractivity contribution < 1.29 is 4.57 Å². The average molecular weight is 338 g/mol. The molecule has 0 atom stereocenters. The summed E-state index contributed by atoms with van der Waals surface area (Å²) in [5, 5.41) is 10.6. The van der Waals surface area contributed by atoms with Gasteiger partial charge in [-0.05, 0) is 45.4 Å². The van der Waals surface area contributed by atoms with Gasteiger partial charge in [0.15, 0.2) is 0 Å². The minimum Gasteiger partial charge on any atom is -0.315 e. The summed E-state index contributed by atoms with van der Waals surface area (Å²) in [6.07, 6.45) is 7.99. The van der Waals surface area contributed by atoms with E-state index in [1.807, 2.05) is 0 Å². The van der Waals surface area contributed by atoms with Crippen LogP contribution in [0.15, 0.2) is 12.4 Å². The Bertz CT molecular complexity index is 431. The molecule has 0 unspecified atom stereocenters. The van der Waals surface area contributed by atoms with Crippen LogP contribution >= 0.6 is 0 Å². The highest BCUT2D eigenvalue weighted by molar-refractivity contribution is 4.79. The van der Waals surface area contributed by atoms with E-state index in [9.17, 15) is 0 Å². The predicted molar refractivity (Wildman–Crippen MR) is 99.2 cm³/mol. The number of nitrogens with zero attached hydrogens (tertiary/aromatic N) is 3. The number of nitrogens with one attached hydrogen (secondary N) is 3. The van der Waals surface area contributed by atoms with E-state index in [2.05, 4.69) is 56.3 Å². The molecule has 1 aromatic heterocycles. The zero-order valence-corrected chi connectivity index (χ0v) is 15.7. The highest BCUT2D eigenvalue weighted by Crippen LogP contribution is 1.99. The summed E-state index contributed by atoms with van der Waals surface area (Å²) in [6.45, 7) is 13.5. The molecule has 6 nitrogen and oxygen atoms in total. The van der Waals surface area contributed by atoms with Gasteiger partial charge in [-0.3, -0.25) is 0 Å². The van der Waals surface area contributed by atoms with E-state index in [1.54, 1.807) is 0 Å². The maximum Gasteiger partial charge on any atom is 0.253 e. The SMILES string of the molecule is Cc1n(CCCN2CCCNCCNCCCNCC2)cc[n+]1C. The van der Waals surface area contributed by atoms with Crippen molar-refractivity contribution in [2.75, 3.05) is 58.9 Å². The van der Waals surface area contributed by atoms with Gasteiger partial charge in [-0.15, -0.1) is 0 Å². The Morgan fingerprint density at radius 2 is 1.62 bits per heavy atom. The molecule has 0 spiro atoms. The summed E-state index contributed by atoms with van der Waals surface area (Å²) < 4.78 is 4.54. The molecule has 0 amide bonds. The third-order valence-electron chi connectivity index (χ3n) is 4.89. The highest BCUT2D eigenvalue weighted by atomic mass is 15.2. The lowest BCUT2D eigenvalue weighted by molar-refractivity contribution is -0.677. The first-order chi connectivity index (χ1) is 11.8. The molecule has 138 valence electrons. The number of rotatable bonds is 4. The minimum atomic E-state index is 1.08. The van der Waals surface area contributed by atoms with Crippen LogP contribution in [0.1, 0.15) is 25.1 Å². The number of hydrogen-bond donors (Lipinski definition) is 3. The molecular formula is C18H37N6+. The topological polar surface area (TPSA) is 48.1 Å². The number of hydrogen-bond acceptors (Lipinski definition) is 4. The lowest BCUT2D eigenvalue weighted by atomic mass is 10.3. The molecule has 3 N–H and O–H groups in total. The quantitative estimate of drug-likeness (QED) is 0.670. The molecule has 2 rings (SSSR count). The minimum absolute atomic E-state index is 1.08. The molecule has 0 aromatic carbocycles. The Morgan fingerprint density at radius 3 is 2.33 bits per heavy atom. The highest BCUT2D eigenvalue weighted by Gasteiger charge is 2.10. The van der Waals surface area contributed by atoms with Gasteiger partial charge in [-0.25, -0.2) is 9.13 Å². The third-order valence-corrected chi connectivity index (χ3v) is 4.89. The van der Waals surface area contributed by atoms with Crippen LogP contribution < -0.4 is 20.5 Å². The second-order valence-corrected chi connectivity index (χ2v) is 6.80. The van der Waals surface area contributed by atoms with Crippen molar-refractivity contribution >= 4 is 0 Å². The monoisotopic (exact) mass is 337 g/mol. The first-order valence-corrected chi connectivity index (χ1v) is 9.63. The molecule has 1 fully saturated rings. The van der Waals surface area contributed by atoms with E-state index < -0.39 is 0 Å². The molecule has 0 aliphatic carbocycles. The Labute approximate surface area is 147 Å². The van der Waals surface area contributed by atoms with Gasteiger partial charge in [0.25, 0.3) is 5.82 Å².